The van der Waals surface area contributed by atoms with E-state index in [-0.39, 0.29) is 5.82 Å². The van der Waals surface area contributed by atoms with Gasteiger partial charge in [0.1, 0.15) is 5.82 Å². The third kappa shape index (κ3) is 2.80. The standard InChI is InChI=1S/C15H10Cl2FNS/c16-9-5-6-10(12(18)7-9)11(17)8-15-19-13-3-1-2-4-14(13)20-15/h1-7,11H,8H2. The molecular weight excluding hydrogens is 316 g/mol. The minimum absolute atomic E-state index is 0.370. The molecule has 0 radical (unpaired) electrons. The SMILES string of the molecule is Fc1cc(Cl)ccc1C(Cl)Cc1nc2ccccc2s1. The van der Waals surface area contributed by atoms with Gasteiger partial charge in [-0.25, -0.2) is 9.37 Å². The Kier molecular flexibility index (Phi) is 3.92. The predicted molar refractivity (Wildman–Crippen MR) is 83.3 cm³/mol. The lowest BCUT2D eigenvalue weighted by molar-refractivity contribution is 0.606. The van der Waals surface area contributed by atoms with Crippen LogP contribution in [-0.2, 0) is 6.42 Å². The average Bonchev–Trinajstić information content (AvgIpc) is 2.80. The smallest absolute Gasteiger partial charge is 0.129 e. The van der Waals surface area contributed by atoms with Gasteiger partial charge >= 0.3 is 0 Å². The van der Waals surface area contributed by atoms with E-state index in [9.17, 15) is 4.39 Å². The first-order chi connectivity index (χ1) is 9.63. The summed E-state index contributed by atoms with van der Waals surface area (Å²) in [5.41, 5.74) is 1.41. The summed E-state index contributed by atoms with van der Waals surface area (Å²) in [6.45, 7) is 0. The summed E-state index contributed by atoms with van der Waals surface area (Å²) in [5, 5.41) is 0.823. The minimum Gasteiger partial charge on any atom is -0.241 e. The number of nitrogens with zero attached hydrogens (tertiary/aromatic N) is 1. The molecular formula is C15H10Cl2FNS. The molecule has 0 saturated carbocycles. The van der Waals surface area contributed by atoms with Crippen LogP contribution in [0.5, 0.6) is 0 Å². The molecule has 1 aromatic heterocycles. The Bertz CT molecular complexity index is 723. The Morgan fingerprint density at radius 2 is 2.00 bits per heavy atom. The molecule has 1 nitrogen and oxygen atoms in total. The third-order valence-corrected chi connectivity index (χ3v) is 4.68. The summed E-state index contributed by atoms with van der Waals surface area (Å²) in [6.07, 6.45) is 0.499. The van der Waals surface area contributed by atoms with Crippen molar-refractivity contribution in [3.05, 3.63) is 63.9 Å². The van der Waals surface area contributed by atoms with Crippen LogP contribution in [0.2, 0.25) is 5.02 Å². The number of fused-ring (bicyclic) bond motifs is 1. The fourth-order valence-electron chi connectivity index (χ4n) is 2.03. The molecule has 1 atom stereocenters. The highest BCUT2D eigenvalue weighted by molar-refractivity contribution is 7.18. The molecule has 20 heavy (non-hydrogen) atoms. The molecule has 1 unspecified atom stereocenters. The highest BCUT2D eigenvalue weighted by atomic mass is 35.5. The molecule has 0 fully saturated rings. The summed E-state index contributed by atoms with van der Waals surface area (Å²) in [4.78, 5) is 4.51. The Balaban J connectivity index is 1.86. The quantitative estimate of drug-likeness (QED) is 0.570. The Hall–Kier alpha value is -1.16. The third-order valence-electron chi connectivity index (χ3n) is 2.99. The summed E-state index contributed by atoms with van der Waals surface area (Å²) >= 11 is 13.6. The van der Waals surface area contributed by atoms with Gasteiger partial charge in [-0.15, -0.1) is 22.9 Å². The van der Waals surface area contributed by atoms with Crippen molar-refractivity contribution in [2.45, 2.75) is 11.8 Å². The van der Waals surface area contributed by atoms with Gasteiger partial charge in [-0.2, -0.15) is 0 Å². The second kappa shape index (κ2) is 5.68. The Labute approximate surface area is 130 Å². The number of alkyl halides is 1. The summed E-state index contributed by atoms with van der Waals surface area (Å²) < 4.78 is 14.9. The monoisotopic (exact) mass is 325 g/mol. The van der Waals surface area contributed by atoms with Crippen LogP contribution in [0, 0.1) is 5.82 Å². The first kappa shape index (κ1) is 13.8. The maximum absolute atomic E-state index is 13.8. The van der Waals surface area contributed by atoms with Crippen LogP contribution < -0.4 is 0 Å². The number of thiazole rings is 1. The second-order valence-electron chi connectivity index (χ2n) is 4.41. The molecule has 1 heterocycles. The van der Waals surface area contributed by atoms with Crippen LogP contribution in [0.15, 0.2) is 42.5 Å². The number of aromatic nitrogens is 1. The molecule has 3 aromatic rings. The van der Waals surface area contributed by atoms with Gasteiger partial charge in [0.05, 0.1) is 20.6 Å². The first-order valence-electron chi connectivity index (χ1n) is 6.07. The molecule has 3 rings (SSSR count). The van der Waals surface area contributed by atoms with Gasteiger partial charge in [-0.1, -0.05) is 29.8 Å². The summed E-state index contributed by atoms with van der Waals surface area (Å²) in [5.74, 6) is -0.376. The van der Waals surface area contributed by atoms with Gasteiger partial charge in [0.25, 0.3) is 0 Å². The predicted octanol–water partition coefficient (Wildman–Crippen LogP) is 5.61. The molecule has 0 N–H and O–H groups in total. The minimum atomic E-state index is -0.451. The van der Waals surface area contributed by atoms with Crippen LogP contribution >= 0.6 is 34.5 Å². The second-order valence-corrected chi connectivity index (χ2v) is 6.49. The van der Waals surface area contributed by atoms with Crippen LogP contribution in [0.3, 0.4) is 0 Å². The van der Waals surface area contributed by atoms with Gasteiger partial charge in [-0.05, 0) is 24.3 Å². The molecule has 2 aromatic carbocycles. The Morgan fingerprint density at radius 3 is 2.75 bits per heavy atom. The lowest BCUT2D eigenvalue weighted by atomic mass is 10.1. The van der Waals surface area contributed by atoms with E-state index >= 15 is 0 Å². The molecule has 0 aliphatic carbocycles. The van der Waals surface area contributed by atoms with Crippen molar-refractivity contribution >= 4 is 44.8 Å². The molecule has 0 aliphatic rings. The van der Waals surface area contributed by atoms with Crippen LogP contribution in [-0.4, -0.2) is 4.98 Å². The van der Waals surface area contributed by atoms with Crippen molar-refractivity contribution in [1.29, 1.82) is 0 Å². The number of hydrogen-bond acceptors (Lipinski definition) is 2. The van der Waals surface area contributed by atoms with E-state index in [1.807, 2.05) is 24.3 Å². The van der Waals surface area contributed by atoms with Crippen molar-refractivity contribution in [3.63, 3.8) is 0 Å². The number of hydrogen-bond donors (Lipinski definition) is 0. The lowest BCUT2D eigenvalue weighted by Crippen LogP contribution is -1.98. The fourth-order valence-corrected chi connectivity index (χ4v) is 3.61. The topological polar surface area (TPSA) is 12.9 Å². The summed E-state index contributed by atoms with van der Waals surface area (Å²) in [7, 11) is 0. The van der Waals surface area contributed by atoms with Gasteiger partial charge < -0.3 is 0 Å². The highest BCUT2D eigenvalue weighted by Gasteiger charge is 2.16. The largest absolute Gasteiger partial charge is 0.241 e. The van der Waals surface area contributed by atoms with Crippen molar-refractivity contribution in [3.8, 4) is 0 Å². The normalized spacial score (nSPS) is 12.8. The van der Waals surface area contributed by atoms with Gasteiger partial charge in [0.15, 0.2) is 0 Å². The number of halogens is 3. The fraction of sp³-hybridized carbons (Fsp3) is 0.133. The van der Waals surface area contributed by atoms with Crippen molar-refractivity contribution in [2.24, 2.45) is 0 Å². The van der Waals surface area contributed by atoms with E-state index in [4.69, 9.17) is 23.2 Å². The molecule has 0 bridgehead atoms. The zero-order chi connectivity index (χ0) is 14.1. The van der Waals surface area contributed by atoms with Crippen molar-refractivity contribution in [1.82, 2.24) is 4.98 Å². The molecule has 0 amide bonds. The maximum atomic E-state index is 13.8. The summed E-state index contributed by atoms with van der Waals surface area (Å²) in [6, 6.07) is 12.5. The number of benzene rings is 2. The van der Waals surface area contributed by atoms with E-state index in [1.54, 1.807) is 23.5 Å². The zero-order valence-electron chi connectivity index (χ0n) is 10.3. The first-order valence-corrected chi connectivity index (χ1v) is 7.70. The van der Waals surface area contributed by atoms with Crippen molar-refractivity contribution < 1.29 is 4.39 Å². The Morgan fingerprint density at radius 1 is 1.20 bits per heavy atom. The number of rotatable bonds is 3. The maximum Gasteiger partial charge on any atom is 0.129 e. The molecule has 0 aliphatic heterocycles. The van der Waals surface area contributed by atoms with E-state index in [1.165, 1.54) is 6.07 Å². The molecule has 102 valence electrons. The average molecular weight is 326 g/mol. The van der Waals surface area contributed by atoms with E-state index in [0.29, 0.717) is 17.0 Å². The van der Waals surface area contributed by atoms with Gasteiger partial charge in [0.2, 0.25) is 0 Å². The van der Waals surface area contributed by atoms with E-state index in [0.717, 1.165) is 15.2 Å². The van der Waals surface area contributed by atoms with Crippen molar-refractivity contribution in [2.75, 3.05) is 0 Å². The lowest BCUT2D eigenvalue weighted by Gasteiger charge is -2.09. The molecule has 0 spiro atoms. The van der Waals surface area contributed by atoms with E-state index < -0.39 is 5.38 Å². The number of para-hydroxylation sites is 1. The van der Waals surface area contributed by atoms with Crippen LogP contribution in [0.1, 0.15) is 15.9 Å². The molecule has 5 heteroatoms. The van der Waals surface area contributed by atoms with Crippen LogP contribution in [0.4, 0.5) is 4.39 Å². The van der Waals surface area contributed by atoms with Gasteiger partial charge in [-0.3, -0.25) is 0 Å². The van der Waals surface area contributed by atoms with Crippen LogP contribution in [0.25, 0.3) is 10.2 Å². The zero-order valence-corrected chi connectivity index (χ0v) is 12.6. The highest BCUT2D eigenvalue weighted by Crippen LogP contribution is 2.31. The van der Waals surface area contributed by atoms with E-state index in [2.05, 4.69) is 4.98 Å². The van der Waals surface area contributed by atoms with Gasteiger partial charge in [0, 0.05) is 17.0 Å². The molecule has 0 saturated heterocycles.